The molecule has 96 valence electrons. The lowest BCUT2D eigenvalue weighted by atomic mass is 10.0. The summed E-state index contributed by atoms with van der Waals surface area (Å²) in [6.45, 7) is 0. The zero-order valence-corrected chi connectivity index (χ0v) is 12.0. The van der Waals surface area contributed by atoms with Crippen LogP contribution in [0.15, 0.2) is 36.4 Å². The standard InChI is InChI=1S/C14H16ClNOS/c1-16-12(13-7-8-14(15)18-13)9-10-3-5-11(17-2)6-4-10/h3-8,12,16H,9H2,1-2H3. The van der Waals surface area contributed by atoms with Gasteiger partial charge in [-0.25, -0.2) is 0 Å². The van der Waals surface area contributed by atoms with E-state index in [1.807, 2.05) is 25.2 Å². The van der Waals surface area contributed by atoms with Crippen molar-refractivity contribution in [2.75, 3.05) is 14.2 Å². The molecule has 1 N–H and O–H groups in total. The van der Waals surface area contributed by atoms with Crippen LogP contribution in [0.5, 0.6) is 5.75 Å². The van der Waals surface area contributed by atoms with Crippen molar-refractivity contribution in [2.24, 2.45) is 0 Å². The summed E-state index contributed by atoms with van der Waals surface area (Å²) in [5, 5.41) is 3.33. The zero-order valence-electron chi connectivity index (χ0n) is 10.4. The molecular formula is C14H16ClNOS. The molecule has 4 heteroatoms. The van der Waals surface area contributed by atoms with Crippen molar-refractivity contribution in [3.63, 3.8) is 0 Å². The van der Waals surface area contributed by atoms with Crippen molar-refractivity contribution in [3.8, 4) is 5.75 Å². The second-order valence-corrected chi connectivity index (χ2v) is 5.78. The van der Waals surface area contributed by atoms with Crippen LogP contribution in [0.4, 0.5) is 0 Å². The molecule has 1 atom stereocenters. The van der Waals surface area contributed by atoms with Crippen molar-refractivity contribution in [3.05, 3.63) is 51.2 Å². The van der Waals surface area contributed by atoms with Gasteiger partial charge in [0, 0.05) is 10.9 Å². The lowest BCUT2D eigenvalue weighted by Crippen LogP contribution is -2.17. The van der Waals surface area contributed by atoms with Crippen LogP contribution in [0.3, 0.4) is 0 Å². The van der Waals surface area contributed by atoms with E-state index in [0.29, 0.717) is 6.04 Å². The lowest BCUT2D eigenvalue weighted by molar-refractivity contribution is 0.414. The zero-order chi connectivity index (χ0) is 13.0. The van der Waals surface area contributed by atoms with Crippen LogP contribution in [0.1, 0.15) is 16.5 Å². The highest BCUT2D eigenvalue weighted by molar-refractivity contribution is 7.16. The molecule has 1 unspecified atom stereocenters. The molecule has 2 rings (SSSR count). The van der Waals surface area contributed by atoms with Gasteiger partial charge in [0.25, 0.3) is 0 Å². The first kappa shape index (κ1) is 13.4. The summed E-state index contributed by atoms with van der Waals surface area (Å²) in [7, 11) is 3.65. The smallest absolute Gasteiger partial charge is 0.118 e. The molecule has 18 heavy (non-hydrogen) atoms. The topological polar surface area (TPSA) is 21.3 Å². The quantitative estimate of drug-likeness (QED) is 0.897. The fourth-order valence-corrected chi connectivity index (χ4v) is 3.03. The molecule has 0 amide bonds. The van der Waals surface area contributed by atoms with E-state index in [1.54, 1.807) is 18.4 Å². The molecule has 1 heterocycles. The Balaban J connectivity index is 2.10. The van der Waals surface area contributed by atoms with Gasteiger partial charge in [-0.15, -0.1) is 11.3 Å². The van der Waals surface area contributed by atoms with Crippen LogP contribution in [0.2, 0.25) is 4.34 Å². The molecule has 1 aromatic carbocycles. The van der Waals surface area contributed by atoms with E-state index in [4.69, 9.17) is 16.3 Å². The maximum absolute atomic E-state index is 5.98. The molecule has 0 radical (unpaired) electrons. The number of ether oxygens (including phenoxy) is 1. The van der Waals surface area contributed by atoms with E-state index in [-0.39, 0.29) is 0 Å². The van der Waals surface area contributed by atoms with Gasteiger partial charge in [0.1, 0.15) is 5.75 Å². The number of likely N-dealkylation sites (N-methyl/N-ethyl adjacent to an activating group) is 1. The summed E-state index contributed by atoms with van der Waals surface area (Å²) in [5.41, 5.74) is 1.28. The highest BCUT2D eigenvalue weighted by atomic mass is 35.5. The first-order valence-corrected chi connectivity index (χ1v) is 6.98. The maximum atomic E-state index is 5.98. The Hall–Kier alpha value is -1.03. The SMILES string of the molecule is CNC(Cc1ccc(OC)cc1)c1ccc(Cl)s1. The highest BCUT2D eigenvalue weighted by Gasteiger charge is 2.12. The van der Waals surface area contributed by atoms with Gasteiger partial charge in [-0.1, -0.05) is 23.7 Å². The number of benzene rings is 1. The lowest BCUT2D eigenvalue weighted by Gasteiger charge is -2.14. The number of halogens is 1. The van der Waals surface area contributed by atoms with E-state index in [2.05, 4.69) is 23.5 Å². The van der Waals surface area contributed by atoms with Crippen LogP contribution in [0.25, 0.3) is 0 Å². The van der Waals surface area contributed by atoms with Gasteiger partial charge in [0.15, 0.2) is 0 Å². The van der Waals surface area contributed by atoms with E-state index in [1.165, 1.54) is 10.4 Å². The predicted octanol–water partition coefficient (Wildman–Crippen LogP) is 3.91. The molecule has 0 aliphatic carbocycles. The number of methoxy groups -OCH3 is 1. The Morgan fingerprint density at radius 3 is 2.44 bits per heavy atom. The first-order chi connectivity index (χ1) is 8.72. The van der Waals surface area contributed by atoms with Crippen LogP contribution in [-0.2, 0) is 6.42 Å². The monoisotopic (exact) mass is 281 g/mol. The van der Waals surface area contributed by atoms with Crippen molar-refractivity contribution in [1.82, 2.24) is 5.32 Å². The van der Waals surface area contributed by atoms with Crippen molar-refractivity contribution < 1.29 is 4.74 Å². The Morgan fingerprint density at radius 1 is 1.22 bits per heavy atom. The minimum Gasteiger partial charge on any atom is -0.497 e. The van der Waals surface area contributed by atoms with Crippen LogP contribution >= 0.6 is 22.9 Å². The summed E-state index contributed by atoms with van der Waals surface area (Å²) in [6, 6.07) is 12.5. The summed E-state index contributed by atoms with van der Waals surface area (Å²) in [6.07, 6.45) is 0.942. The van der Waals surface area contributed by atoms with E-state index < -0.39 is 0 Å². The largest absolute Gasteiger partial charge is 0.497 e. The average Bonchev–Trinajstić information content (AvgIpc) is 2.83. The van der Waals surface area contributed by atoms with Crippen molar-refractivity contribution in [1.29, 1.82) is 0 Å². The Kier molecular flexibility index (Phi) is 4.64. The predicted molar refractivity (Wildman–Crippen MR) is 77.8 cm³/mol. The number of thiophene rings is 1. The Bertz CT molecular complexity index is 495. The van der Waals surface area contributed by atoms with Gasteiger partial charge >= 0.3 is 0 Å². The van der Waals surface area contributed by atoms with Gasteiger partial charge in [0.2, 0.25) is 0 Å². The first-order valence-electron chi connectivity index (χ1n) is 5.78. The molecule has 0 saturated heterocycles. The normalized spacial score (nSPS) is 12.4. The fourth-order valence-electron chi connectivity index (χ4n) is 1.86. The Labute approximate surface area is 117 Å². The molecule has 0 aliphatic rings. The molecule has 0 aliphatic heterocycles. The van der Waals surface area contributed by atoms with Crippen LogP contribution in [-0.4, -0.2) is 14.2 Å². The van der Waals surface area contributed by atoms with Gasteiger partial charge in [0.05, 0.1) is 11.4 Å². The van der Waals surface area contributed by atoms with Crippen LogP contribution < -0.4 is 10.1 Å². The third kappa shape index (κ3) is 3.25. The number of nitrogens with one attached hydrogen (secondary N) is 1. The number of hydrogen-bond acceptors (Lipinski definition) is 3. The third-order valence-corrected chi connectivity index (χ3v) is 4.23. The van der Waals surface area contributed by atoms with Crippen molar-refractivity contribution in [2.45, 2.75) is 12.5 Å². The van der Waals surface area contributed by atoms with Gasteiger partial charge < -0.3 is 10.1 Å². The molecule has 2 aromatic rings. The van der Waals surface area contributed by atoms with Crippen LogP contribution in [0, 0.1) is 0 Å². The molecule has 0 bridgehead atoms. The Morgan fingerprint density at radius 2 is 1.94 bits per heavy atom. The molecular weight excluding hydrogens is 266 g/mol. The fraction of sp³-hybridized carbons (Fsp3) is 0.286. The average molecular weight is 282 g/mol. The molecule has 2 nitrogen and oxygen atoms in total. The maximum Gasteiger partial charge on any atom is 0.118 e. The summed E-state index contributed by atoms with van der Waals surface area (Å²) in [5.74, 6) is 0.888. The molecule has 1 aromatic heterocycles. The molecule has 0 fully saturated rings. The van der Waals surface area contributed by atoms with E-state index in [9.17, 15) is 0 Å². The summed E-state index contributed by atoms with van der Waals surface area (Å²) < 4.78 is 5.99. The summed E-state index contributed by atoms with van der Waals surface area (Å²) in [4.78, 5) is 1.26. The second-order valence-electron chi connectivity index (χ2n) is 4.04. The molecule has 0 saturated carbocycles. The van der Waals surface area contributed by atoms with Gasteiger partial charge in [-0.2, -0.15) is 0 Å². The van der Waals surface area contributed by atoms with E-state index >= 15 is 0 Å². The number of hydrogen-bond donors (Lipinski definition) is 1. The van der Waals surface area contributed by atoms with Crippen molar-refractivity contribution >= 4 is 22.9 Å². The van der Waals surface area contributed by atoms with E-state index in [0.717, 1.165) is 16.5 Å². The number of rotatable bonds is 5. The minimum atomic E-state index is 0.302. The van der Waals surface area contributed by atoms with Gasteiger partial charge in [-0.05, 0) is 43.3 Å². The summed E-state index contributed by atoms with van der Waals surface area (Å²) >= 11 is 7.60. The second kappa shape index (κ2) is 6.23. The molecule has 0 spiro atoms. The third-order valence-electron chi connectivity index (χ3n) is 2.88. The minimum absolute atomic E-state index is 0.302. The van der Waals surface area contributed by atoms with Gasteiger partial charge in [-0.3, -0.25) is 0 Å². The highest BCUT2D eigenvalue weighted by Crippen LogP contribution is 2.29.